The maximum absolute atomic E-state index is 11.1. The number of rotatable bonds is 3. The van der Waals surface area contributed by atoms with Crippen LogP contribution >= 0.6 is 23.4 Å². The number of benzene rings is 1. The molecule has 2 aromatic rings. The molecule has 0 fully saturated rings. The molecule has 0 aliphatic carbocycles. The number of aromatic amines is 1. The lowest BCUT2D eigenvalue weighted by Gasteiger charge is -2.04. The van der Waals surface area contributed by atoms with Crippen LogP contribution < -0.4 is 11.3 Å². The molecule has 0 bridgehead atoms. The van der Waals surface area contributed by atoms with Gasteiger partial charge in [-0.15, -0.1) is 0 Å². The molecule has 0 spiro atoms. The number of H-pyrrole nitrogens is 1. The Morgan fingerprint density at radius 3 is 2.94 bits per heavy atom. The van der Waals surface area contributed by atoms with E-state index < -0.39 is 0 Å². The second-order valence-electron chi connectivity index (χ2n) is 3.38. The van der Waals surface area contributed by atoms with Gasteiger partial charge in [0, 0.05) is 28.7 Å². The number of aromatic nitrogens is 2. The third kappa shape index (κ3) is 3.25. The minimum atomic E-state index is -0.161. The summed E-state index contributed by atoms with van der Waals surface area (Å²) in [5.74, 6) is 0.631. The number of anilines is 1. The minimum absolute atomic E-state index is 0.161. The molecule has 0 aliphatic rings. The van der Waals surface area contributed by atoms with Gasteiger partial charge in [-0.25, -0.2) is 4.98 Å². The van der Waals surface area contributed by atoms with Gasteiger partial charge < -0.3 is 10.7 Å². The summed E-state index contributed by atoms with van der Waals surface area (Å²) < 4.78 is 0. The number of thioether (sulfide) groups is 1. The van der Waals surface area contributed by atoms with Crippen LogP contribution in [0.2, 0.25) is 5.02 Å². The molecule has 0 radical (unpaired) electrons. The van der Waals surface area contributed by atoms with E-state index >= 15 is 0 Å². The minimum Gasteiger partial charge on any atom is -0.399 e. The van der Waals surface area contributed by atoms with Crippen LogP contribution in [0, 0.1) is 0 Å². The summed E-state index contributed by atoms with van der Waals surface area (Å²) in [6.45, 7) is 0. The molecule has 88 valence electrons. The Kier molecular flexibility index (Phi) is 3.71. The van der Waals surface area contributed by atoms with Crippen molar-refractivity contribution < 1.29 is 0 Å². The third-order valence-electron chi connectivity index (χ3n) is 2.09. The fourth-order valence-corrected chi connectivity index (χ4v) is 2.44. The van der Waals surface area contributed by atoms with Crippen LogP contribution in [0.15, 0.2) is 40.4 Å². The summed E-state index contributed by atoms with van der Waals surface area (Å²) in [4.78, 5) is 17.7. The number of nitrogens with one attached hydrogen (secondary N) is 1. The molecule has 6 heteroatoms. The Bertz CT molecular complexity index is 585. The third-order valence-corrected chi connectivity index (χ3v) is 3.38. The Morgan fingerprint density at radius 2 is 2.24 bits per heavy atom. The first kappa shape index (κ1) is 12.0. The van der Waals surface area contributed by atoms with Crippen molar-refractivity contribution in [1.29, 1.82) is 0 Å². The first-order valence-electron chi connectivity index (χ1n) is 4.87. The normalized spacial score (nSPS) is 10.4. The summed E-state index contributed by atoms with van der Waals surface area (Å²) >= 11 is 7.46. The SMILES string of the molecule is Nc1ccc(CSc2nccc(=O)[nH]2)c(Cl)c1. The molecule has 17 heavy (non-hydrogen) atoms. The molecule has 0 aliphatic heterocycles. The first-order chi connectivity index (χ1) is 8.15. The lowest BCUT2D eigenvalue weighted by molar-refractivity contribution is 0.936. The summed E-state index contributed by atoms with van der Waals surface area (Å²) in [5, 5.41) is 1.20. The van der Waals surface area contributed by atoms with Crippen molar-refractivity contribution in [2.24, 2.45) is 0 Å². The van der Waals surface area contributed by atoms with Gasteiger partial charge in [-0.05, 0) is 17.7 Å². The van der Waals surface area contributed by atoms with Crippen molar-refractivity contribution in [1.82, 2.24) is 9.97 Å². The smallest absolute Gasteiger partial charge is 0.251 e. The van der Waals surface area contributed by atoms with Crippen LogP contribution in [0.5, 0.6) is 0 Å². The van der Waals surface area contributed by atoms with Crippen molar-refractivity contribution in [3.05, 3.63) is 51.4 Å². The molecular formula is C11H10ClN3OS. The second kappa shape index (κ2) is 5.25. The topological polar surface area (TPSA) is 71.8 Å². The number of nitrogen functional groups attached to an aromatic ring is 1. The monoisotopic (exact) mass is 267 g/mol. The largest absolute Gasteiger partial charge is 0.399 e. The summed E-state index contributed by atoms with van der Waals surface area (Å²) in [7, 11) is 0. The van der Waals surface area contributed by atoms with E-state index in [1.807, 2.05) is 6.07 Å². The Balaban J connectivity index is 2.10. The zero-order chi connectivity index (χ0) is 12.3. The molecule has 4 nitrogen and oxygen atoms in total. The van der Waals surface area contributed by atoms with Gasteiger partial charge in [-0.2, -0.15) is 0 Å². The van der Waals surface area contributed by atoms with Crippen molar-refractivity contribution in [2.75, 3.05) is 5.73 Å². The van der Waals surface area contributed by atoms with Gasteiger partial charge in [0.1, 0.15) is 0 Å². The van der Waals surface area contributed by atoms with Crippen molar-refractivity contribution >= 4 is 29.1 Å². The zero-order valence-electron chi connectivity index (χ0n) is 8.81. The van der Waals surface area contributed by atoms with Crippen LogP contribution in [0.3, 0.4) is 0 Å². The maximum atomic E-state index is 11.1. The molecule has 1 heterocycles. The van der Waals surface area contributed by atoms with Gasteiger partial charge in [0.25, 0.3) is 5.56 Å². The number of hydrogen-bond acceptors (Lipinski definition) is 4. The molecule has 0 amide bonds. The van der Waals surface area contributed by atoms with E-state index in [0.717, 1.165) is 5.56 Å². The second-order valence-corrected chi connectivity index (χ2v) is 4.75. The standard InChI is InChI=1S/C11H10ClN3OS/c12-9-5-8(13)2-1-7(9)6-17-11-14-4-3-10(16)15-11/h1-5H,6,13H2,(H,14,15,16). The molecule has 0 saturated carbocycles. The van der Waals surface area contributed by atoms with E-state index in [1.54, 1.807) is 12.1 Å². The molecule has 1 aromatic heterocycles. The van der Waals surface area contributed by atoms with Crippen LogP contribution in [0.4, 0.5) is 5.69 Å². The van der Waals surface area contributed by atoms with E-state index in [1.165, 1.54) is 24.0 Å². The molecule has 2 rings (SSSR count). The lowest BCUT2D eigenvalue weighted by Crippen LogP contribution is -2.05. The fourth-order valence-electron chi connectivity index (χ4n) is 1.25. The molecule has 0 atom stereocenters. The zero-order valence-corrected chi connectivity index (χ0v) is 10.4. The van der Waals surface area contributed by atoms with Crippen LogP contribution in [-0.2, 0) is 5.75 Å². The van der Waals surface area contributed by atoms with Gasteiger partial charge in [0.2, 0.25) is 0 Å². The van der Waals surface area contributed by atoms with Crippen LogP contribution in [0.25, 0.3) is 0 Å². The van der Waals surface area contributed by atoms with Crippen LogP contribution in [0.1, 0.15) is 5.56 Å². The molecule has 3 N–H and O–H groups in total. The van der Waals surface area contributed by atoms with Gasteiger partial charge in [0.15, 0.2) is 5.16 Å². The van der Waals surface area contributed by atoms with E-state index in [4.69, 9.17) is 17.3 Å². The number of hydrogen-bond donors (Lipinski definition) is 2. The van der Waals surface area contributed by atoms with Gasteiger partial charge in [-0.3, -0.25) is 4.79 Å². The highest BCUT2D eigenvalue weighted by molar-refractivity contribution is 7.98. The number of halogens is 1. The van der Waals surface area contributed by atoms with Gasteiger partial charge >= 0.3 is 0 Å². The Hall–Kier alpha value is -1.46. The van der Waals surface area contributed by atoms with Crippen LogP contribution in [-0.4, -0.2) is 9.97 Å². The predicted molar refractivity (Wildman–Crippen MR) is 70.3 cm³/mol. The highest BCUT2D eigenvalue weighted by Crippen LogP contribution is 2.25. The summed E-state index contributed by atoms with van der Waals surface area (Å²) in [6.07, 6.45) is 1.48. The molecule has 1 aromatic carbocycles. The molecule has 0 saturated heterocycles. The summed E-state index contributed by atoms with van der Waals surface area (Å²) in [5.41, 5.74) is 7.03. The average Bonchev–Trinajstić information content (AvgIpc) is 2.28. The Labute approximate surface area is 107 Å². The Morgan fingerprint density at radius 1 is 1.41 bits per heavy atom. The number of nitrogens with zero attached hydrogens (tertiary/aromatic N) is 1. The molecular weight excluding hydrogens is 258 g/mol. The highest BCUT2D eigenvalue weighted by Gasteiger charge is 2.03. The molecule has 0 unspecified atom stereocenters. The van der Waals surface area contributed by atoms with E-state index in [2.05, 4.69) is 9.97 Å². The number of nitrogens with two attached hydrogens (primary N) is 1. The van der Waals surface area contributed by atoms with Crippen molar-refractivity contribution in [3.8, 4) is 0 Å². The fraction of sp³-hybridized carbons (Fsp3) is 0.0909. The average molecular weight is 268 g/mol. The maximum Gasteiger partial charge on any atom is 0.251 e. The first-order valence-corrected chi connectivity index (χ1v) is 6.23. The van der Waals surface area contributed by atoms with E-state index in [0.29, 0.717) is 21.6 Å². The van der Waals surface area contributed by atoms with Gasteiger partial charge in [0.05, 0.1) is 0 Å². The predicted octanol–water partition coefficient (Wildman–Crippen LogP) is 2.30. The van der Waals surface area contributed by atoms with Gasteiger partial charge in [-0.1, -0.05) is 29.4 Å². The quantitative estimate of drug-likeness (QED) is 0.508. The van der Waals surface area contributed by atoms with Crippen molar-refractivity contribution in [3.63, 3.8) is 0 Å². The van der Waals surface area contributed by atoms with E-state index in [-0.39, 0.29) is 5.56 Å². The van der Waals surface area contributed by atoms with Crippen molar-refractivity contribution in [2.45, 2.75) is 10.9 Å². The van der Waals surface area contributed by atoms with E-state index in [9.17, 15) is 4.79 Å². The summed E-state index contributed by atoms with van der Waals surface area (Å²) in [6, 6.07) is 6.74. The highest BCUT2D eigenvalue weighted by atomic mass is 35.5. The lowest BCUT2D eigenvalue weighted by atomic mass is 10.2.